The van der Waals surface area contributed by atoms with Gasteiger partial charge in [0.2, 0.25) is 0 Å². The van der Waals surface area contributed by atoms with Crippen molar-refractivity contribution >= 4 is 34.3 Å². The fourth-order valence-electron chi connectivity index (χ4n) is 3.29. The molecule has 1 N–H and O–H groups in total. The van der Waals surface area contributed by atoms with Crippen molar-refractivity contribution in [3.63, 3.8) is 0 Å². The maximum absolute atomic E-state index is 12.9. The van der Waals surface area contributed by atoms with E-state index in [9.17, 15) is 9.90 Å². The Kier molecular flexibility index (Phi) is 5.48. The Hall–Kier alpha value is -2.22. The molecular weight excluding hydrogens is 392 g/mol. The first kappa shape index (κ1) is 19.1. The smallest absolute Gasteiger partial charge is 0.339 e. The minimum Gasteiger partial charge on any atom is -0.456 e. The third kappa shape index (κ3) is 3.83. The third-order valence-corrected chi connectivity index (χ3v) is 6.90. The molecule has 1 aromatic carbocycles. The predicted molar refractivity (Wildman–Crippen MR) is 113 cm³/mol. The van der Waals surface area contributed by atoms with Gasteiger partial charge in [-0.1, -0.05) is 6.07 Å². The van der Waals surface area contributed by atoms with E-state index in [1.165, 1.54) is 11.3 Å². The van der Waals surface area contributed by atoms with E-state index in [0.29, 0.717) is 5.56 Å². The van der Waals surface area contributed by atoms with Gasteiger partial charge in [0.15, 0.2) is 0 Å². The number of thiophene rings is 1. The number of aliphatic hydroxyl groups excluding tert-OH is 1. The Morgan fingerprint density at radius 1 is 1.36 bits per heavy atom. The lowest BCUT2D eigenvalue weighted by Gasteiger charge is -2.15. The second-order valence-corrected chi connectivity index (χ2v) is 9.08. The quantitative estimate of drug-likeness (QED) is 0.615. The molecule has 5 nitrogen and oxygen atoms in total. The van der Waals surface area contributed by atoms with Crippen molar-refractivity contribution in [2.75, 3.05) is 19.0 Å². The normalized spacial score (nSPS) is 15.9. The fourth-order valence-corrected chi connectivity index (χ4v) is 5.07. The summed E-state index contributed by atoms with van der Waals surface area (Å²) < 4.78 is 5.57. The molecule has 1 unspecified atom stereocenters. The molecule has 0 radical (unpaired) electrons. The van der Waals surface area contributed by atoms with Crippen LogP contribution in [0.15, 0.2) is 35.7 Å². The van der Waals surface area contributed by atoms with Crippen LogP contribution >= 0.6 is 22.7 Å². The van der Waals surface area contributed by atoms with Gasteiger partial charge in [-0.2, -0.15) is 0 Å². The SMILES string of the molecule is CN(C)c1ccc(-c2nc3c(s2)C(O)CCC3)c(C(=O)OCc2cccs2)c1. The van der Waals surface area contributed by atoms with E-state index in [-0.39, 0.29) is 12.6 Å². The van der Waals surface area contributed by atoms with Crippen LogP contribution in [-0.2, 0) is 17.8 Å². The van der Waals surface area contributed by atoms with E-state index < -0.39 is 6.10 Å². The van der Waals surface area contributed by atoms with Gasteiger partial charge in [0.1, 0.15) is 11.6 Å². The highest BCUT2D eigenvalue weighted by atomic mass is 32.1. The van der Waals surface area contributed by atoms with Crippen LogP contribution in [0.3, 0.4) is 0 Å². The highest BCUT2D eigenvalue weighted by Gasteiger charge is 2.25. The maximum atomic E-state index is 12.9. The van der Waals surface area contributed by atoms with Gasteiger partial charge in [-0.3, -0.25) is 0 Å². The second kappa shape index (κ2) is 8.03. The fraction of sp³-hybridized carbons (Fsp3) is 0.333. The number of aliphatic hydroxyl groups is 1. The Morgan fingerprint density at radius 2 is 2.21 bits per heavy atom. The number of aromatic nitrogens is 1. The molecule has 2 aromatic heterocycles. The zero-order valence-electron chi connectivity index (χ0n) is 15.8. The van der Waals surface area contributed by atoms with Crippen LogP contribution in [0.4, 0.5) is 5.69 Å². The molecule has 2 heterocycles. The minimum absolute atomic E-state index is 0.259. The summed E-state index contributed by atoms with van der Waals surface area (Å²) >= 11 is 3.04. The molecule has 3 aromatic rings. The van der Waals surface area contributed by atoms with E-state index >= 15 is 0 Å². The van der Waals surface area contributed by atoms with Crippen LogP contribution in [0.2, 0.25) is 0 Å². The van der Waals surface area contributed by atoms with E-state index in [2.05, 4.69) is 0 Å². The largest absolute Gasteiger partial charge is 0.456 e. The highest BCUT2D eigenvalue weighted by molar-refractivity contribution is 7.15. The number of aryl methyl sites for hydroxylation is 1. The third-order valence-electron chi connectivity index (χ3n) is 4.82. The van der Waals surface area contributed by atoms with Crippen LogP contribution in [0.1, 0.15) is 44.8 Å². The molecule has 1 aliphatic rings. The molecule has 4 rings (SSSR count). The molecule has 0 bridgehead atoms. The molecule has 1 atom stereocenters. The second-order valence-electron chi connectivity index (χ2n) is 7.02. The van der Waals surface area contributed by atoms with Crippen molar-refractivity contribution in [1.29, 1.82) is 0 Å². The number of nitrogens with zero attached hydrogens (tertiary/aromatic N) is 2. The van der Waals surface area contributed by atoms with E-state index in [4.69, 9.17) is 9.72 Å². The van der Waals surface area contributed by atoms with Crippen molar-refractivity contribution in [1.82, 2.24) is 4.98 Å². The lowest BCUT2D eigenvalue weighted by Crippen LogP contribution is -2.12. The van der Waals surface area contributed by atoms with Gasteiger partial charge in [-0.25, -0.2) is 9.78 Å². The number of benzene rings is 1. The molecule has 0 aliphatic heterocycles. The number of rotatable bonds is 5. The lowest BCUT2D eigenvalue weighted by molar-refractivity contribution is 0.0478. The van der Waals surface area contributed by atoms with Crippen LogP contribution in [0.25, 0.3) is 10.6 Å². The van der Waals surface area contributed by atoms with Crippen molar-refractivity contribution in [2.45, 2.75) is 32.0 Å². The summed E-state index contributed by atoms with van der Waals surface area (Å²) in [5, 5.41) is 13.0. The average Bonchev–Trinajstić information content (AvgIpc) is 3.36. The maximum Gasteiger partial charge on any atom is 0.339 e. The summed E-state index contributed by atoms with van der Waals surface area (Å²) in [5.74, 6) is -0.360. The standard InChI is InChI=1S/C21H22N2O3S2/c1-23(2)13-8-9-15(20-22-17-6-3-7-18(24)19(17)28-20)16(11-13)21(25)26-12-14-5-4-10-27-14/h4-5,8-11,18,24H,3,6-7,12H2,1-2H3. The Labute approximate surface area is 172 Å². The Balaban J connectivity index is 1.69. The van der Waals surface area contributed by atoms with Crippen molar-refractivity contribution in [3.05, 3.63) is 56.7 Å². The zero-order valence-corrected chi connectivity index (χ0v) is 17.5. The first-order chi connectivity index (χ1) is 13.5. The van der Waals surface area contributed by atoms with Gasteiger partial charge in [0.05, 0.1) is 22.2 Å². The molecule has 28 heavy (non-hydrogen) atoms. The summed E-state index contributed by atoms with van der Waals surface area (Å²) in [6.07, 6.45) is 2.12. The van der Waals surface area contributed by atoms with Crippen LogP contribution in [0.5, 0.6) is 0 Å². The number of ether oxygens (including phenoxy) is 1. The average molecular weight is 415 g/mol. The Bertz CT molecular complexity index is 980. The summed E-state index contributed by atoms with van der Waals surface area (Å²) in [5.41, 5.74) is 3.14. The minimum atomic E-state index is -0.453. The number of esters is 1. The van der Waals surface area contributed by atoms with Crippen molar-refractivity contribution < 1.29 is 14.6 Å². The number of hydrogen-bond acceptors (Lipinski definition) is 7. The zero-order chi connectivity index (χ0) is 19.7. The topological polar surface area (TPSA) is 62.7 Å². The number of carbonyl (C=O) groups excluding carboxylic acids is 1. The molecule has 0 saturated carbocycles. The molecule has 0 saturated heterocycles. The van der Waals surface area contributed by atoms with Gasteiger partial charge in [-0.15, -0.1) is 22.7 Å². The monoisotopic (exact) mass is 414 g/mol. The first-order valence-corrected chi connectivity index (χ1v) is 10.9. The van der Waals surface area contributed by atoms with Gasteiger partial charge < -0.3 is 14.7 Å². The number of carbonyl (C=O) groups is 1. The molecule has 7 heteroatoms. The van der Waals surface area contributed by atoms with Gasteiger partial charge in [0.25, 0.3) is 0 Å². The molecule has 146 valence electrons. The lowest BCUT2D eigenvalue weighted by atomic mass is 10.0. The number of thiazole rings is 1. The molecular formula is C21H22N2O3S2. The number of hydrogen-bond donors (Lipinski definition) is 1. The van der Waals surface area contributed by atoms with Gasteiger partial charge in [-0.05, 0) is 48.9 Å². The van der Waals surface area contributed by atoms with Crippen LogP contribution in [0, 0.1) is 0 Å². The van der Waals surface area contributed by atoms with Crippen LogP contribution in [-0.4, -0.2) is 30.2 Å². The van der Waals surface area contributed by atoms with Gasteiger partial charge in [0, 0.05) is 30.2 Å². The predicted octanol–water partition coefficient (Wildman–Crippen LogP) is 4.66. The molecule has 0 amide bonds. The summed E-state index contributed by atoms with van der Waals surface area (Å²) in [6, 6.07) is 9.64. The molecule has 0 spiro atoms. The summed E-state index contributed by atoms with van der Waals surface area (Å²) in [4.78, 5) is 21.5. The van der Waals surface area contributed by atoms with Gasteiger partial charge >= 0.3 is 5.97 Å². The summed E-state index contributed by atoms with van der Waals surface area (Å²) in [6.45, 7) is 0.259. The summed E-state index contributed by atoms with van der Waals surface area (Å²) in [7, 11) is 3.88. The molecule has 0 fully saturated rings. The Morgan fingerprint density at radius 3 is 2.93 bits per heavy atom. The first-order valence-electron chi connectivity index (χ1n) is 9.22. The van der Waals surface area contributed by atoms with Crippen molar-refractivity contribution in [3.8, 4) is 10.6 Å². The van der Waals surface area contributed by atoms with E-state index in [0.717, 1.165) is 51.0 Å². The number of anilines is 1. The number of fused-ring (bicyclic) bond motifs is 1. The molecule has 1 aliphatic carbocycles. The van der Waals surface area contributed by atoms with E-state index in [1.54, 1.807) is 11.3 Å². The van der Waals surface area contributed by atoms with E-state index in [1.807, 2.05) is 54.7 Å². The highest BCUT2D eigenvalue weighted by Crippen LogP contribution is 2.39. The van der Waals surface area contributed by atoms with Crippen LogP contribution < -0.4 is 4.90 Å². The van der Waals surface area contributed by atoms with Crippen molar-refractivity contribution in [2.24, 2.45) is 0 Å².